The lowest BCUT2D eigenvalue weighted by Crippen LogP contribution is -1.97. The molecule has 0 saturated carbocycles. The molecular weight excluding hydrogens is 214 g/mol. The molecule has 0 saturated heterocycles. The molecule has 0 bridgehead atoms. The average Bonchev–Trinajstić information content (AvgIpc) is 2.66. The van der Waals surface area contributed by atoms with E-state index in [1.807, 2.05) is 6.92 Å². The first-order valence-corrected chi connectivity index (χ1v) is 4.78. The first-order chi connectivity index (χ1) is 7.15. The van der Waals surface area contributed by atoms with Gasteiger partial charge in [-0.3, -0.25) is 9.59 Å². The van der Waals surface area contributed by atoms with Crippen molar-refractivity contribution in [1.29, 1.82) is 0 Å². The molecule has 1 N–H and O–H groups in total. The lowest BCUT2D eigenvalue weighted by molar-refractivity contribution is -0.104. The minimum Gasteiger partial charge on any atom is -0.360 e. The number of H-pyrrole nitrogens is 1. The van der Waals surface area contributed by atoms with Gasteiger partial charge in [0.25, 0.3) is 0 Å². The van der Waals surface area contributed by atoms with Crippen molar-refractivity contribution in [3.05, 3.63) is 34.5 Å². The highest BCUT2D eigenvalue weighted by atomic mass is 35.5. The predicted octanol–water partition coefficient (Wildman–Crippen LogP) is 2.51. The number of hydrogen-bond acceptors (Lipinski definition) is 2. The molecule has 0 unspecified atom stereocenters. The fraction of sp³-hybridized carbons (Fsp3) is 0.0909. The maximum absolute atomic E-state index is 11.3. The Labute approximate surface area is 91.0 Å². The molecule has 0 fully saturated rings. The number of aryl methyl sites for hydroxylation is 1. The van der Waals surface area contributed by atoms with E-state index in [0.717, 1.165) is 16.5 Å². The zero-order valence-electron chi connectivity index (χ0n) is 8.00. The molecule has 0 atom stereocenters. The first-order valence-electron chi connectivity index (χ1n) is 4.41. The molecule has 1 aromatic heterocycles. The summed E-state index contributed by atoms with van der Waals surface area (Å²) in [4.78, 5) is 24.6. The number of ketones is 1. The van der Waals surface area contributed by atoms with Crippen LogP contribution in [0.4, 0.5) is 0 Å². The van der Waals surface area contributed by atoms with Gasteiger partial charge < -0.3 is 4.98 Å². The largest absolute Gasteiger partial charge is 0.360 e. The summed E-state index contributed by atoms with van der Waals surface area (Å²) in [6.45, 7) is 1.86. The van der Waals surface area contributed by atoms with Crippen LogP contribution in [0.25, 0.3) is 10.9 Å². The van der Waals surface area contributed by atoms with Crippen LogP contribution in [0.5, 0.6) is 0 Å². The van der Waals surface area contributed by atoms with Crippen LogP contribution in [0.1, 0.15) is 15.9 Å². The fourth-order valence-corrected chi connectivity index (χ4v) is 1.74. The van der Waals surface area contributed by atoms with E-state index in [9.17, 15) is 9.59 Å². The lowest BCUT2D eigenvalue weighted by atomic mass is 10.1. The molecule has 76 valence electrons. The Balaban J connectivity index is 2.77. The van der Waals surface area contributed by atoms with Crippen molar-refractivity contribution < 1.29 is 9.59 Å². The molecule has 0 spiro atoms. The summed E-state index contributed by atoms with van der Waals surface area (Å²) in [5.74, 6) is -0.525. The summed E-state index contributed by atoms with van der Waals surface area (Å²) in [6, 6.07) is 3.45. The minimum absolute atomic E-state index is 0.312. The molecule has 1 aromatic carbocycles. The fourth-order valence-electron chi connectivity index (χ4n) is 1.59. The molecule has 0 aliphatic carbocycles. The van der Waals surface area contributed by atoms with Crippen LogP contribution >= 0.6 is 11.6 Å². The molecule has 1 heterocycles. The van der Waals surface area contributed by atoms with Gasteiger partial charge in [-0.05, 0) is 18.6 Å². The van der Waals surface area contributed by atoms with Gasteiger partial charge in [0.05, 0.1) is 11.1 Å². The summed E-state index contributed by atoms with van der Waals surface area (Å²) in [5, 5.41) is 1.36. The quantitative estimate of drug-likeness (QED) is 0.481. The van der Waals surface area contributed by atoms with Gasteiger partial charge in [0, 0.05) is 16.6 Å². The normalized spacial score (nSPS) is 10.5. The summed E-state index contributed by atoms with van der Waals surface area (Å²) in [7, 11) is 0. The number of rotatable bonds is 2. The summed E-state index contributed by atoms with van der Waals surface area (Å²) >= 11 is 5.94. The van der Waals surface area contributed by atoms with Crippen molar-refractivity contribution in [1.82, 2.24) is 4.98 Å². The minimum atomic E-state index is -0.525. The van der Waals surface area contributed by atoms with Crippen LogP contribution in [-0.4, -0.2) is 17.1 Å². The van der Waals surface area contributed by atoms with Gasteiger partial charge in [0.1, 0.15) is 0 Å². The second-order valence-electron chi connectivity index (χ2n) is 3.28. The van der Waals surface area contributed by atoms with Crippen LogP contribution in [0, 0.1) is 6.92 Å². The van der Waals surface area contributed by atoms with Crippen molar-refractivity contribution >= 4 is 34.6 Å². The van der Waals surface area contributed by atoms with Crippen LogP contribution in [-0.2, 0) is 4.79 Å². The zero-order chi connectivity index (χ0) is 11.0. The molecule has 3 nitrogen and oxygen atoms in total. The van der Waals surface area contributed by atoms with Gasteiger partial charge in [-0.1, -0.05) is 17.7 Å². The van der Waals surface area contributed by atoms with E-state index in [2.05, 4.69) is 4.98 Å². The number of carbonyl (C=O) groups is 2. The number of fused-ring (bicyclic) bond motifs is 1. The Morgan fingerprint density at radius 3 is 2.87 bits per heavy atom. The van der Waals surface area contributed by atoms with Crippen LogP contribution in [0.15, 0.2) is 18.3 Å². The third-order valence-electron chi connectivity index (χ3n) is 2.42. The third kappa shape index (κ3) is 1.45. The Bertz CT molecular complexity index is 557. The van der Waals surface area contributed by atoms with E-state index in [-0.39, 0.29) is 0 Å². The smallest absolute Gasteiger partial charge is 0.227 e. The van der Waals surface area contributed by atoms with Gasteiger partial charge in [0.15, 0.2) is 6.29 Å². The molecule has 2 rings (SSSR count). The highest BCUT2D eigenvalue weighted by Crippen LogP contribution is 2.26. The summed E-state index contributed by atoms with van der Waals surface area (Å²) in [6.07, 6.45) is 1.84. The van der Waals surface area contributed by atoms with E-state index in [4.69, 9.17) is 11.6 Å². The van der Waals surface area contributed by atoms with Crippen LogP contribution in [0.2, 0.25) is 5.02 Å². The van der Waals surface area contributed by atoms with Crippen molar-refractivity contribution in [2.24, 2.45) is 0 Å². The summed E-state index contributed by atoms with van der Waals surface area (Å²) in [5.41, 5.74) is 2.06. The molecule has 0 amide bonds. The van der Waals surface area contributed by atoms with E-state index >= 15 is 0 Å². The van der Waals surface area contributed by atoms with Gasteiger partial charge in [-0.15, -0.1) is 0 Å². The second kappa shape index (κ2) is 3.51. The number of halogens is 1. The molecule has 2 aromatic rings. The Hall–Kier alpha value is -1.61. The van der Waals surface area contributed by atoms with Gasteiger partial charge in [-0.2, -0.15) is 0 Å². The topological polar surface area (TPSA) is 49.9 Å². The molecular formula is C11H8ClNO2. The van der Waals surface area contributed by atoms with Crippen molar-refractivity contribution in [2.45, 2.75) is 6.92 Å². The second-order valence-corrected chi connectivity index (χ2v) is 3.69. The monoisotopic (exact) mass is 221 g/mol. The summed E-state index contributed by atoms with van der Waals surface area (Å²) < 4.78 is 0. The number of hydrogen-bond donors (Lipinski definition) is 1. The van der Waals surface area contributed by atoms with Gasteiger partial charge >= 0.3 is 0 Å². The standard InChI is InChI=1S/C11H8ClNO2/c1-6-9(12)3-2-7-8(10(15)5-14)4-13-11(6)7/h2-5,13H,1H3. The van der Waals surface area contributed by atoms with Crippen molar-refractivity contribution in [3.63, 3.8) is 0 Å². The number of carbonyl (C=O) groups excluding carboxylic acids is 2. The highest BCUT2D eigenvalue weighted by Gasteiger charge is 2.12. The molecule has 0 aliphatic rings. The molecule has 15 heavy (non-hydrogen) atoms. The van der Waals surface area contributed by atoms with E-state index in [1.165, 1.54) is 6.20 Å². The maximum Gasteiger partial charge on any atom is 0.227 e. The van der Waals surface area contributed by atoms with E-state index in [0.29, 0.717) is 16.9 Å². The van der Waals surface area contributed by atoms with Crippen molar-refractivity contribution in [3.8, 4) is 0 Å². The van der Waals surface area contributed by atoms with Crippen LogP contribution < -0.4 is 0 Å². The Morgan fingerprint density at radius 2 is 2.20 bits per heavy atom. The van der Waals surface area contributed by atoms with Gasteiger partial charge in [0.2, 0.25) is 5.78 Å². The number of benzene rings is 1. The predicted molar refractivity (Wildman–Crippen MR) is 58.4 cm³/mol. The van der Waals surface area contributed by atoms with E-state index in [1.54, 1.807) is 12.1 Å². The van der Waals surface area contributed by atoms with Crippen molar-refractivity contribution in [2.75, 3.05) is 0 Å². The van der Waals surface area contributed by atoms with Crippen LogP contribution in [0.3, 0.4) is 0 Å². The third-order valence-corrected chi connectivity index (χ3v) is 2.83. The van der Waals surface area contributed by atoms with Gasteiger partial charge in [-0.25, -0.2) is 0 Å². The molecule has 0 radical (unpaired) electrons. The first kappa shape index (κ1) is 9.93. The lowest BCUT2D eigenvalue weighted by Gasteiger charge is -1.99. The van der Waals surface area contributed by atoms with E-state index < -0.39 is 5.78 Å². The molecule has 0 aliphatic heterocycles. The number of aromatic nitrogens is 1. The Morgan fingerprint density at radius 1 is 1.47 bits per heavy atom. The number of aromatic amines is 1. The maximum atomic E-state index is 11.3. The Kier molecular flexibility index (Phi) is 2.32. The SMILES string of the molecule is Cc1c(Cl)ccc2c(C(=O)C=O)c[nH]c12. The number of nitrogens with one attached hydrogen (secondary N) is 1. The highest BCUT2D eigenvalue weighted by molar-refractivity contribution is 6.37. The number of aldehydes is 1. The zero-order valence-corrected chi connectivity index (χ0v) is 8.76. The average molecular weight is 222 g/mol. The molecule has 4 heteroatoms. The number of Topliss-reactive ketones (excluding diaryl/α,β-unsaturated/α-hetero) is 1.